The zero-order valence-corrected chi connectivity index (χ0v) is 31.2. The van der Waals surface area contributed by atoms with Crippen molar-refractivity contribution in [1.29, 1.82) is 5.26 Å². The van der Waals surface area contributed by atoms with Gasteiger partial charge >= 0.3 is 0 Å². The van der Waals surface area contributed by atoms with Gasteiger partial charge in [-0.1, -0.05) is 78.3 Å². The molecule has 0 aromatic heterocycles. The SMILES string of the molecule is C=C(C)C1=C(N=C(C)C)N(CCC2=CN2C)C(=C)C(C2(C#N)CCCCC2)=C1.CC.CC(C)c1cccc(C(F)(F)CNCCCN)c1F. The topological polar surface area (TPSA) is 80.5 Å². The number of alkyl halides is 2. The minimum absolute atomic E-state index is 0.124. The molecule has 0 unspecified atom stereocenters. The van der Waals surface area contributed by atoms with Crippen LogP contribution in [0.3, 0.4) is 0 Å². The van der Waals surface area contributed by atoms with Crippen molar-refractivity contribution < 1.29 is 13.2 Å². The summed E-state index contributed by atoms with van der Waals surface area (Å²) in [6.45, 7) is 23.3. The number of allylic oxidation sites excluding steroid dienone is 4. The Bertz CT molecular complexity index is 1470. The average Bonchev–Trinajstić information content (AvgIpc) is 3.78. The Morgan fingerprint density at radius 1 is 1.16 bits per heavy atom. The van der Waals surface area contributed by atoms with E-state index in [4.69, 9.17) is 10.7 Å². The molecule has 3 N–H and O–H groups in total. The van der Waals surface area contributed by atoms with Gasteiger partial charge < -0.3 is 20.9 Å². The molecule has 9 heteroatoms. The first-order valence-corrected chi connectivity index (χ1v) is 17.7. The minimum Gasteiger partial charge on any atom is -0.351 e. The van der Waals surface area contributed by atoms with E-state index >= 15 is 0 Å². The zero-order chi connectivity index (χ0) is 36.9. The molecule has 1 aromatic carbocycles. The Kier molecular flexibility index (Phi) is 16.1. The van der Waals surface area contributed by atoms with Crippen molar-refractivity contribution in [3.63, 3.8) is 0 Å². The maximum atomic E-state index is 14.1. The lowest BCUT2D eigenvalue weighted by atomic mass is 9.68. The smallest absolute Gasteiger partial charge is 0.288 e. The lowest BCUT2D eigenvalue weighted by molar-refractivity contribution is -0.00655. The van der Waals surface area contributed by atoms with E-state index in [9.17, 15) is 18.4 Å². The van der Waals surface area contributed by atoms with Gasteiger partial charge in [0, 0.05) is 48.9 Å². The van der Waals surface area contributed by atoms with Gasteiger partial charge in [0.1, 0.15) is 11.6 Å². The molecule has 6 nitrogen and oxygen atoms in total. The van der Waals surface area contributed by atoms with Crippen molar-refractivity contribution in [3.8, 4) is 6.07 Å². The van der Waals surface area contributed by atoms with Crippen LogP contribution in [0.1, 0.15) is 110 Å². The zero-order valence-electron chi connectivity index (χ0n) is 31.2. The minimum atomic E-state index is -3.22. The predicted molar refractivity (Wildman–Crippen MR) is 198 cm³/mol. The Morgan fingerprint density at radius 2 is 1.80 bits per heavy atom. The van der Waals surface area contributed by atoms with Crippen LogP contribution >= 0.6 is 0 Å². The van der Waals surface area contributed by atoms with Crippen molar-refractivity contribution >= 4 is 5.71 Å². The molecule has 1 fully saturated rings. The summed E-state index contributed by atoms with van der Waals surface area (Å²) in [7, 11) is 2.07. The largest absolute Gasteiger partial charge is 0.351 e. The molecule has 4 rings (SSSR count). The third kappa shape index (κ3) is 10.9. The maximum Gasteiger partial charge on any atom is 0.288 e. The lowest BCUT2D eigenvalue weighted by Crippen LogP contribution is -2.35. The van der Waals surface area contributed by atoms with Crippen LogP contribution in [0.2, 0.25) is 0 Å². The fourth-order valence-corrected chi connectivity index (χ4v) is 6.12. The number of hydrogen-bond donors (Lipinski definition) is 2. The van der Waals surface area contributed by atoms with E-state index < -0.39 is 29.3 Å². The predicted octanol–water partition coefficient (Wildman–Crippen LogP) is 9.67. The molecule has 1 aromatic rings. The fourth-order valence-electron chi connectivity index (χ4n) is 6.12. The van der Waals surface area contributed by atoms with Gasteiger partial charge in [-0.3, -0.25) is 0 Å². The van der Waals surface area contributed by atoms with Crippen molar-refractivity contribution in [2.24, 2.45) is 16.1 Å². The number of nitriles is 1. The number of rotatable bonds is 13. The van der Waals surface area contributed by atoms with Crippen LogP contribution in [0.4, 0.5) is 13.2 Å². The van der Waals surface area contributed by atoms with E-state index in [0.717, 1.165) is 78.7 Å². The second-order valence-electron chi connectivity index (χ2n) is 13.4. The summed E-state index contributed by atoms with van der Waals surface area (Å²) in [5, 5.41) is 12.8. The Balaban J connectivity index is 0.000000347. The molecule has 2 heterocycles. The van der Waals surface area contributed by atoms with Crippen molar-refractivity contribution in [2.45, 2.75) is 105 Å². The highest BCUT2D eigenvalue weighted by molar-refractivity contribution is 5.80. The van der Waals surface area contributed by atoms with E-state index in [-0.39, 0.29) is 5.92 Å². The van der Waals surface area contributed by atoms with Gasteiger partial charge in [-0.05, 0) is 81.8 Å². The highest BCUT2D eigenvalue weighted by Gasteiger charge is 2.41. The van der Waals surface area contributed by atoms with Crippen LogP contribution in [0, 0.1) is 22.6 Å². The third-order valence-electron chi connectivity index (χ3n) is 8.92. The van der Waals surface area contributed by atoms with Gasteiger partial charge in [0.05, 0.1) is 23.6 Å². The summed E-state index contributed by atoms with van der Waals surface area (Å²) < 4.78 is 42.0. The molecular weight excluding hydrogens is 621 g/mol. The van der Waals surface area contributed by atoms with Gasteiger partial charge in [0.15, 0.2) is 0 Å². The first kappa shape index (κ1) is 41.6. The van der Waals surface area contributed by atoms with Crippen molar-refractivity contribution in [2.75, 3.05) is 33.2 Å². The number of halogens is 3. The second-order valence-corrected chi connectivity index (χ2v) is 13.4. The number of nitrogens with two attached hydrogens (primary N) is 1. The summed E-state index contributed by atoms with van der Waals surface area (Å²) in [5.74, 6) is -3.23. The van der Waals surface area contributed by atoms with E-state index in [2.05, 4.69) is 53.7 Å². The first-order chi connectivity index (χ1) is 23.2. The van der Waals surface area contributed by atoms with Crippen LogP contribution in [0.25, 0.3) is 0 Å². The van der Waals surface area contributed by atoms with Gasteiger partial charge in [0.2, 0.25) is 0 Å². The van der Waals surface area contributed by atoms with Gasteiger partial charge in [-0.15, -0.1) is 0 Å². The quantitative estimate of drug-likeness (QED) is 0.160. The lowest BCUT2D eigenvalue weighted by Gasteiger charge is -2.41. The van der Waals surface area contributed by atoms with E-state index in [1.54, 1.807) is 19.9 Å². The Labute approximate surface area is 294 Å². The molecule has 1 saturated carbocycles. The molecule has 0 amide bonds. The highest BCUT2D eigenvalue weighted by Crippen LogP contribution is 2.49. The molecule has 1 aliphatic carbocycles. The fraction of sp³-hybridized carbons (Fsp3) is 0.550. The molecule has 0 spiro atoms. The maximum absolute atomic E-state index is 14.1. The van der Waals surface area contributed by atoms with Crippen LogP contribution < -0.4 is 11.1 Å². The van der Waals surface area contributed by atoms with Crippen LogP contribution in [-0.4, -0.2) is 48.7 Å². The van der Waals surface area contributed by atoms with Crippen molar-refractivity contribution in [3.05, 3.63) is 94.5 Å². The number of nitrogens with one attached hydrogen (secondary N) is 1. The highest BCUT2D eigenvalue weighted by atomic mass is 19.3. The molecule has 49 heavy (non-hydrogen) atoms. The standard InChI is InChI=1S/C24H32N4.C14H21F3N2.C2H6/c1-17(2)21-14-22(24(16-25)11-8-7-9-12-24)19(5)28(23(21)26-18(3)4)13-10-20-15-27(20)6;1-10(2)11-5-3-6-12(13(11)15)14(16,17)9-19-8-4-7-18;1-2/h14-15H,1,5,7-13H2,2-4,6H3;3,5-6,10,19H,4,7-9,18H2,1-2H3;1-2H3. The molecule has 3 aliphatic rings. The molecule has 0 bridgehead atoms. The molecule has 0 atom stereocenters. The molecule has 270 valence electrons. The first-order valence-electron chi connectivity index (χ1n) is 17.7. The van der Waals surface area contributed by atoms with E-state index in [0.29, 0.717) is 25.1 Å². The summed E-state index contributed by atoms with van der Waals surface area (Å²) in [4.78, 5) is 9.22. The van der Waals surface area contributed by atoms with Gasteiger partial charge in [-0.2, -0.15) is 14.0 Å². The monoisotopic (exact) mass is 680 g/mol. The van der Waals surface area contributed by atoms with Crippen LogP contribution in [0.15, 0.2) is 82.6 Å². The average molecular weight is 681 g/mol. The van der Waals surface area contributed by atoms with Crippen LogP contribution in [0.5, 0.6) is 0 Å². The summed E-state index contributed by atoms with van der Waals surface area (Å²) >= 11 is 0. The number of aliphatic imine (C=N–C) groups is 1. The molecule has 0 radical (unpaired) electrons. The molecule has 2 aliphatic heterocycles. The molecule has 0 saturated heterocycles. The molecular formula is C40H59F3N6. The van der Waals surface area contributed by atoms with E-state index in [1.165, 1.54) is 18.2 Å². The number of nitrogens with zero attached hydrogens (tertiary/aromatic N) is 4. The van der Waals surface area contributed by atoms with E-state index in [1.807, 2.05) is 34.6 Å². The van der Waals surface area contributed by atoms with Crippen LogP contribution in [-0.2, 0) is 5.92 Å². The summed E-state index contributed by atoms with van der Waals surface area (Å²) in [6, 6.07) is 6.84. The summed E-state index contributed by atoms with van der Waals surface area (Å²) in [6.07, 6.45) is 11.1. The number of benzene rings is 1. The van der Waals surface area contributed by atoms with Gasteiger partial charge in [-0.25, -0.2) is 9.38 Å². The number of hydrogen-bond acceptors (Lipinski definition) is 6. The summed E-state index contributed by atoms with van der Waals surface area (Å²) in [5.41, 5.74) is 10.9. The Morgan fingerprint density at radius 3 is 2.31 bits per heavy atom. The van der Waals surface area contributed by atoms with Gasteiger partial charge in [0.25, 0.3) is 5.92 Å². The Hall–Kier alpha value is -3.61. The third-order valence-corrected chi connectivity index (χ3v) is 8.92. The second kappa shape index (κ2) is 19.0. The van der Waals surface area contributed by atoms with Crippen molar-refractivity contribution in [1.82, 2.24) is 15.1 Å². The normalized spacial score (nSPS) is 16.9.